The molecule has 0 bridgehead atoms. The van der Waals surface area contributed by atoms with Gasteiger partial charge in [0, 0.05) is 0 Å². The fourth-order valence-electron chi connectivity index (χ4n) is 2.04. The van der Waals surface area contributed by atoms with Gasteiger partial charge in [-0.25, -0.2) is 10.0 Å². The van der Waals surface area contributed by atoms with Crippen molar-refractivity contribution in [3.05, 3.63) is 48.0 Å². The average Bonchev–Trinajstić information content (AvgIpc) is 2.36. The monoisotopic (exact) mass is 246 g/mol. The van der Waals surface area contributed by atoms with Gasteiger partial charge in [0.2, 0.25) is 0 Å². The van der Waals surface area contributed by atoms with Crippen molar-refractivity contribution >= 4 is 20.8 Å². The van der Waals surface area contributed by atoms with Gasteiger partial charge >= 0.3 is 0 Å². The Kier molecular flexibility index (Phi) is 3.78. The normalized spacial score (nSPS) is 12.9. The molecule has 0 aliphatic rings. The van der Waals surface area contributed by atoms with Crippen molar-refractivity contribution < 1.29 is 0 Å². The Balaban J connectivity index is 2.24. The molecule has 0 saturated heterocycles. The summed E-state index contributed by atoms with van der Waals surface area (Å²) >= 11 is 0. The molecule has 0 fully saturated rings. The zero-order chi connectivity index (χ0) is 12.3. The molecule has 0 spiro atoms. The van der Waals surface area contributed by atoms with E-state index in [9.17, 15) is 0 Å². The number of hydrogen-bond donors (Lipinski definition) is 0. The van der Waals surface area contributed by atoms with E-state index in [1.165, 1.54) is 34.3 Å². The van der Waals surface area contributed by atoms with Gasteiger partial charge in [0.05, 0.1) is 0 Å². The zero-order valence-electron chi connectivity index (χ0n) is 11.1. The number of aryl methyl sites for hydroxylation is 1. The molecule has 0 heterocycles. The van der Waals surface area contributed by atoms with E-state index in [4.69, 9.17) is 0 Å². The van der Waals surface area contributed by atoms with Crippen LogP contribution in [0.3, 0.4) is 0 Å². The zero-order valence-corrected chi connectivity index (χ0v) is 11.9. The summed E-state index contributed by atoms with van der Waals surface area (Å²) in [5, 5.41) is 2.80. The second kappa shape index (κ2) is 5.14. The Morgan fingerprint density at radius 2 is 1.65 bits per heavy atom. The lowest BCUT2D eigenvalue weighted by atomic mass is 10.0. The maximum atomic E-state index is 2.44. The Labute approximate surface area is 106 Å². The van der Waals surface area contributed by atoms with Crippen molar-refractivity contribution in [2.24, 2.45) is 0 Å². The van der Waals surface area contributed by atoms with Crippen LogP contribution < -0.4 is 0 Å². The molecule has 0 unspecified atom stereocenters. The number of rotatable bonds is 4. The standard InChI is InChI=1S/C16H22S/c1-4-17(2,3)13-12-15-10-7-9-14-8-5-6-11-16(14)15/h5-11H,4,12-13H2,1-3H3. The van der Waals surface area contributed by atoms with Crippen LogP contribution in [0.2, 0.25) is 0 Å². The first kappa shape index (κ1) is 12.5. The van der Waals surface area contributed by atoms with E-state index >= 15 is 0 Å². The van der Waals surface area contributed by atoms with Gasteiger partial charge in [0.25, 0.3) is 0 Å². The highest BCUT2D eigenvalue weighted by molar-refractivity contribution is 8.32. The van der Waals surface area contributed by atoms with Gasteiger partial charge in [-0.2, -0.15) is 0 Å². The summed E-state index contributed by atoms with van der Waals surface area (Å²) in [4.78, 5) is 0. The van der Waals surface area contributed by atoms with Crippen molar-refractivity contribution in [2.75, 3.05) is 24.0 Å². The maximum Gasteiger partial charge on any atom is -0.0152 e. The Morgan fingerprint density at radius 3 is 2.41 bits per heavy atom. The summed E-state index contributed by atoms with van der Waals surface area (Å²) in [5.41, 5.74) is 1.51. The van der Waals surface area contributed by atoms with Crippen molar-refractivity contribution in [1.82, 2.24) is 0 Å². The van der Waals surface area contributed by atoms with Crippen LogP contribution in [-0.2, 0) is 6.42 Å². The second-order valence-corrected chi connectivity index (χ2v) is 9.67. The third-order valence-corrected chi connectivity index (χ3v) is 6.46. The Bertz CT molecular complexity index is 494. The summed E-state index contributed by atoms with van der Waals surface area (Å²) in [7, 11) is -0.386. The van der Waals surface area contributed by atoms with Crippen LogP contribution in [-0.4, -0.2) is 24.0 Å². The van der Waals surface area contributed by atoms with Gasteiger partial charge in [0.1, 0.15) is 0 Å². The van der Waals surface area contributed by atoms with Crippen molar-refractivity contribution in [2.45, 2.75) is 13.3 Å². The van der Waals surface area contributed by atoms with E-state index in [-0.39, 0.29) is 10.0 Å². The summed E-state index contributed by atoms with van der Waals surface area (Å²) in [6, 6.07) is 15.4. The summed E-state index contributed by atoms with van der Waals surface area (Å²) < 4.78 is 0. The highest BCUT2D eigenvalue weighted by Gasteiger charge is 2.09. The van der Waals surface area contributed by atoms with Crippen LogP contribution in [0.5, 0.6) is 0 Å². The van der Waals surface area contributed by atoms with E-state index in [1.807, 2.05) is 0 Å². The summed E-state index contributed by atoms with van der Waals surface area (Å²) in [6.45, 7) is 2.32. The fraction of sp³-hybridized carbons (Fsp3) is 0.375. The average molecular weight is 246 g/mol. The molecular formula is C16H22S. The molecule has 17 heavy (non-hydrogen) atoms. The summed E-state index contributed by atoms with van der Waals surface area (Å²) in [6.07, 6.45) is 6.10. The Morgan fingerprint density at radius 1 is 0.941 bits per heavy atom. The van der Waals surface area contributed by atoms with Crippen molar-refractivity contribution in [1.29, 1.82) is 0 Å². The molecule has 0 radical (unpaired) electrons. The molecule has 2 rings (SSSR count). The largest absolute Gasteiger partial charge is 0.247 e. The van der Waals surface area contributed by atoms with Crippen LogP contribution in [0.15, 0.2) is 42.5 Å². The van der Waals surface area contributed by atoms with E-state index in [1.54, 1.807) is 0 Å². The minimum Gasteiger partial charge on any atom is -0.247 e. The van der Waals surface area contributed by atoms with Gasteiger partial charge in [0.15, 0.2) is 0 Å². The van der Waals surface area contributed by atoms with Crippen LogP contribution >= 0.6 is 10.0 Å². The number of fused-ring (bicyclic) bond motifs is 1. The van der Waals surface area contributed by atoms with E-state index in [0.717, 1.165) is 0 Å². The minimum absolute atomic E-state index is 0.386. The Hall–Kier alpha value is -0.950. The first-order chi connectivity index (χ1) is 8.12. The number of benzene rings is 2. The smallest absolute Gasteiger partial charge is 0.0152 e. The predicted octanol–water partition coefficient (Wildman–Crippen LogP) is 4.47. The molecule has 0 amide bonds. The van der Waals surface area contributed by atoms with Crippen LogP contribution in [0.1, 0.15) is 12.5 Å². The van der Waals surface area contributed by atoms with Crippen molar-refractivity contribution in [3.63, 3.8) is 0 Å². The lowest BCUT2D eigenvalue weighted by molar-refractivity contribution is 1.16. The topological polar surface area (TPSA) is 0 Å². The molecule has 2 aromatic carbocycles. The molecule has 0 aliphatic carbocycles. The van der Waals surface area contributed by atoms with E-state index < -0.39 is 0 Å². The van der Waals surface area contributed by atoms with Crippen LogP contribution in [0.4, 0.5) is 0 Å². The molecule has 92 valence electrons. The molecular weight excluding hydrogens is 224 g/mol. The highest BCUT2D eigenvalue weighted by atomic mass is 32.3. The first-order valence-corrected chi connectivity index (χ1v) is 9.06. The third kappa shape index (κ3) is 3.04. The van der Waals surface area contributed by atoms with Crippen LogP contribution in [0.25, 0.3) is 10.8 Å². The SMILES string of the molecule is CCS(C)(C)CCc1cccc2ccccc12. The maximum absolute atomic E-state index is 2.44. The first-order valence-electron chi connectivity index (χ1n) is 6.28. The quantitative estimate of drug-likeness (QED) is 0.747. The fourth-order valence-corrected chi connectivity index (χ4v) is 3.10. The molecule has 0 atom stereocenters. The lowest BCUT2D eigenvalue weighted by Crippen LogP contribution is -2.06. The van der Waals surface area contributed by atoms with Gasteiger partial charge in [-0.1, -0.05) is 49.4 Å². The van der Waals surface area contributed by atoms with E-state index in [0.29, 0.717) is 0 Å². The van der Waals surface area contributed by atoms with Gasteiger partial charge in [-0.3, -0.25) is 0 Å². The van der Waals surface area contributed by atoms with E-state index in [2.05, 4.69) is 61.9 Å². The van der Waals surface area contributed by atoms with Gasteiger partial charge in [-0.05, 0) is 46.8 Å². The van der Waals surface area contributed by atoms with Crippen LogP contribution in [0, 0.1) is 0 Å². The molecule has 2 aromatic rings. The van der Waals surface area contributed by atoms with Gasteiger partial charge in [-0.15, -0.1) is 0 Å². The highest BCUT2D eigenvalue weighted by Crippen LogP contribution is 2.39. The molecule has 0 N–H and O–H groups in total. The second-order valence-electron chi connectivity index (χ2n) is 5.15. The molecule has 0 aromatic heterocycles. The molecule has 0 nitrogen and oxygen atoms in total. The third-order valence-electron chi connectivity index (χ3n) is 3.59. The minimum atomic E-state index is -0.386. The molecule has 0 aliphatic heterocycles. The number of hydrogen-bond acceptors (Lipinski definition) is 0. The summed E-state index contributed by atoms with van der Waals surface area (Å²) in [5.74, 6) is 2.68. The lowest BCUT2D eigenvalue weighted by Gasteiger charge is -2.29. The molecule has 1 heteroatoms. The van der Waals surface area contributed by atoms with Crippen molar-refractivity contribution in [3.8, 4) is 0 Å². The van der Waals surface area contributed by atoms with Gasteiger partial charge < -0.3 is 0 Å². The molecule has 0 saturated carbocycles. The predicted molar refractivity (Wildman–Crippen MR) is 82.5 cm³/mol.